The minimum absolute atomic E-state index is 0.0190. The first-order valence-corrected chi connectivity index (χ1v) is 8.29. The number of hydrogen-bond donors (Lipinski definition) is 1. The molecule has 1 heterocycles. The number of aromatic nitrogens is 1. The van der Waals surface area contributed by atoms with Gasteiger partial charge in [0.15, 0.2) is 9.84 Å². The Morgan fingerprint density at radius 2 is 1.90 bits per heavy atom. The van der Waals surface area contributed by atoms with Crippen molar-refractivity contribution >= 4 is 9.84 Å². The maximum absolute atomic E-state index is 12.3. The molecule has 6 heteroatoms. The van der Waals surface area contributed by atoms with Crippen molar-refractivity contribution in [2.75, 3.05) is 12.3 Å². The summed E-state index contributed by atoms with van der Waals surface area (Å²) in [6, 6.07) is 11.8. The fraction of sp³-hybridized carbons (Fsp3) is 0.267. The molecule has 21 heavy (non-hydrogen) atoms. The second-order valence-electron chi connectivity index (χ2n) is 4.69. The maximum Gasteiger partial charge on any atom is 0.180 e. The molecule has 0 fully saturated rings. The minimum Gasteiger partial charge on any atom is -0.350 e. The molecule has 0 aliphatic rings. The van der Waals surface area contributed by atoms with Crippen molar-refractivity contribution in [2.24, 2.45) is 5.73 Å². The lowest BCUT2D eigenvalue weighted by atomic mass is 10.2. The maximum atomic E-state index is 12.3. The van der Waals surface area contributed by atoms with Gasteiger partial charge in [-0.2, -0.15) is 5.26 Å². The summed E-state index contributed by atoms with van der Waals surface area (Å²) < 4.78 is 26.5. The van der Waals surface area contributed by atoms with Gasteiger partial charge in [0, 0.05) is 18.4 Å². The Labute approximate surface area is 124 Å². The van der Waals surface area contributed by atoms with E-state index in [1.165, 1.54) is 24.3 Å². The lowest BCUT2D eigenvalue weighted by Gasteiger charge is -2.09. The van der Waals surface area contributed by atoms with Gasteiger partial charge in [0.05, 0.1) is 22.3 Å². The third-order valence-corrected chi connectivity index (χ3v) is 4.98. The number of rotatable bonds is 6. The van der Waals surface area contributed by atoms with Crippen LogP contribution in [0.15, 0.2) is 47.5 Å². The lowest BCUT2D eigenvalue weighted by molar-refractivity contribution is 0.587. The lowest BCUT2D eigenvalue weighted by Crippen LogP contribution is -2.15. The molecular formula is C15H17N3O2S. The normalized spacial score (nSPS) is 11.2. The minimum atomic E-state index is -3.35. The molecule has 5 nitrogen and oxygen atoms in total. The van der Waals surface area contributed by atoms with Crippen LogP contribution in [0.3, 0.4) is 0 Å². The van der Waals surface area contributed by atoms with E-state index in [1.807, 2.05) is 29.0 Å². The number of nitrogens with zero attached hydrogens (tertiary/aromatic N) is 2. The second kappa shape index (κ2) is 6.57. The molecule has 0 bridgehead atoms. The Morgan fingerprint density at radius 1 is 1.19 bits per heavy atom. The quantitative estimate of drug-likeness (QED) is 0.872. The highest BCUT2D eigenvalue weighted by molar-refractivity contribution is 7.91. The molecule has 0 atom stereocenters. The Bertz CT molecular complexity index is 740. The molecule has 0 unspecified atom stereocenters. The average molecular weight is 303 g/mol. The van der Waals surface area contributed by atoms with Gasteiger partial charge in [0.1, 0.15) is 0 Å². The van der Waals surface area contributed by atoms with Crippen LogP contribution in [-0.4, -0.2) is 25.3 Å². The van der Waals surface area contributed by atoms with E-state index >= 15 is 0 Å². The van der Waals surface area contributed by atoms with Crippen LogP contribution in [0, 0.1) is 11.3 Å². The van der Waals surface area contributed by atoms with Gasteiger partial charge in [-0.3, -0.25) is 0 Å². The van der Waals surface area contributed by atoms with Gasteiger partial charge < -0.3 is 10.3 Å². The highest BCUT2D eigenvalue weighted by Crippen LogP contribution is 2.13. The first kappa shape index (κ1) is 15.3. The highest BCUT2D eigenvalue weighted by Gasteiger charge is 2.15. The molecule has 0 saturated carbocycles. The monoisotopic (exact) mass is 303 g/mol. The van der Waals surface area contributed by atoms with Gasteiger partial charge >= 0.3 is 0 Å². The van der Waals surface area contributed by atoms with Crippen LogP contribution in [0.1, 0.15) is 11.3 Å². The first-order valence-electron chi connectivity index (χ1n) is 6.64. The molecule has 0 spiro atoms. The molecule has 0 aliphatic carbocycles. The topological polar surface area (TPSA) is 88.9 Å². The average Bonchev–Trinajstić information content (AvgIpc) is 2.93. The molecule has 1 aromatic heterocycles. The molecule has 2 rings (SSSR count). The number of nitriles is 1. The summed E-state index contributed by atoms with van der Waals surface area (Å²) in [6.45, 7) is 0.928. The summed E-state index contributed by atoms with van der Waals surface area (Å²) >= 11 is 0. The van der Waals surface area contributed by atoms with E-state index in [9.17, 15) is 8.42 Å². The largest absolute Gasteiger partial charge is 0.350 e. The fourth-order valence-corrected chi connectivity index (χ4v) is 3.34. The van der Waals surface area contributed by atoms with Crippen molar-refractivity contribution in [1.29, 1.82) is 5.26 Å². The van der Waals surface area contributed by atoms with Crippen LogP contribution in [0.2, 0.25) is 0 Å². The summed E-state index contributed by atoms with van der Waals surface area (Å²) in [5.41, 5.74) is 7.01. The third-order valence-electron chi connectivity index (χ3n) is 3.27. The summed E-state index contributed by atoms with van der Waals surface area (Å²) in [5, 5.41) is 8.73. The summed E-state index contributed by atoms with van der Waals surface area (Å²) in [5.74, 6) is 0.0190. The molecule has 0 saturated heterocycles. The van der Waals surface area contributed by atoms with Crippen molar-refractivity contribution in [1.82, 2.24) is 4.57 Å². The molecular weight excluding hydrogens is 286 g/mol. The smallest absolute Gasteiger partial charge is 0.180 e. The van der Waals surface area contributed by atoms with Crippen LogP contribution >= 0.6 is 0 Å². The molecule has 0 aliphatic heterocycles. The van der Waals surface area contributed by atoms with E-state index in [0.29, 0.717) is 18.7 Å². The number of benzene rings is 1. The van der Waals surface area contributed by atoms with Crippen molar-refractivity contribution in [2.45, 2.75) is 17.9 Å². The second-order valence-corrected chi connectivity index (χ2v) is 6.80. The fourth-order valence-electron chi connectivity index (χ4n) is 2.12. The van der Waals surface area contributed by atoms with Gasteiger partial charge in [-0.1, -0.05) is 0 Å². The summed E-state index contributed by atoms with van der Waals surface area (Å²) in [4.78, 5) is 0.244. The molecule has 1 aromatic carbocycles. The Hall–Kier alpha value is -2.10. The van der Waals surface area contributed by atoms with Crippen molar-refractivity contribution in [3.63, 3.8) is 0 Å². The van der Waals surface area contributed by atoms with Crippen LogP contribution in [0.25, 0.3) is 0 Å². The van der Waals surface area contributed by atoms with E-state index in [1.54, 1.807) is 0 Å². The van der Waals surface area contributed by atoms with Gasteiger partial charge in [-0.05, 0) is 49.4 Å². The number of sulfone groups is 1. The first-order chi connectivity index (χ1) is 10.1. The molecule has 110 valence electrons. The number of nitrogens with two attached hydrogens (primary N) is 1. The number of hydrogen-bond acceptors (Lipinski definition) is 4. The Kier molecular flexibility index (Phi) is 4.78. The summed E-state index contributed by atoms with van der Waals surface area (Å²) in [7, 11) is -3.35. The zero-order chi connectivity index (χ0) is 15.3. The van der Waals surface area contributed by atoms with E-state index < -0.39 is 9.84 Å². The standard InChI is InChI=1S/C15H17N3O2S/c16-8-7-14-2-1-9-18(14)10-11-21(19,20)15-5-3-13(12-17)4-6-15/h1-6,9H,7-8,10-11,16H2. The zero-order valence-electron chi connectivity index (χ0n) is 11.6. The van der Waals surface area contributed by atoms with Gasteiger partial charge in [-0.25, -0.2) is 8.42 Å². The van der Waals surface area contributed by atoms with Crippen LogP contribution in [-0.2, 0) is 22.8 Å². The SMILES string of the molecule is N#Cc1ccc(S(=O)(=O)CCn2cccc2CCN)cc1. The van der Waals surface area contributed by atoms with Crippen molar-refractivity contribution in [3.05, 3.63) is 53.9 Å². The van der Waals surface area contributed by atoms with Crippen LogP contribution < -0.4 is 5.73 Å². The molecule has 2 aromatic rings. The van der Waals surface area contributed by atoms with Crippen LogP contribution in [0.4, 0.5) is 0 Å². The predicted molar refractivity (Wildman–Crippen MR) is 80.4 cm³/mol. The molecule has 2 N–H and O–H groups in total. The third kappa shape index (κ3) is 3.72. The van der Waals surface area contributed by atoms with Crippen molar-refractivity contribution in [3.8, 4) is 6.07 Å². The Morgan fingerprint density at radius 3 is 2.52 bits per heavy atom. The van der Waals surface area contributed by atoms with E-state index in [2.05, 4.69) is 0 Å². The zero-order valence-corrected chi connectivity index (χ0v) is 12.4. The van der Waals surface area contributed by atoms with E-state index in [0.717, 1.165) is 12.1 Å². The van der Waals surface area contributed by atoms with Crippen molar-refractivity contribution < 1.29 is 8.42 Å². The summed E-state index contributed by atoms with van der Waals surface area (Å²) in [6.07, 6.45) is 2.59. The highest BCUT2D eigenvalue weighted by atomic mass is 32.2. The van der Waals surface area contributed by atoms with E-state index in [-0.39, 0.29) is 10.6 Å². The van der Waals surface area contributed by atoms with Gasteiger partial charge in [-0.15, -0.1) is 0 Å². The predicted octanol–water partition coefficient (Wildman–Crippen LogP) is 1.33. The van der Waals surface area contributed by atoms with Crippen LogP contribution in [0.5, 0.6) is 0 Å². The number of aryl methyl sites for hydroxylation is 1. The van der Waals surface area contributed by atoms with E-state index in [4.69, 9.17) is 11.0 Å². The molecule has 0 amide bonds. The van der Waals surface area contributed by atoms with Gasteiger partial charge in [0.25, 0.3) is 0 Å². The van der Waals surface area contributed by atoms with Gasteiger partial charge in [0.2, 0.25) is 0 Å². The Balaban J connectivity index is 2.10. The molecule has 0 radical (unpaired) electrons.